The van der Waals surface area contributed by atoms with Gasteiger partial charge in [-0.1, -0.05) is 0 Å². The third-order valence-electron chi connectivity index (χ3n) is 0.644. The smallest absolute Gasteiger partial charge is 0.278 e. The minimum absolute atomic E-state index is 0.119. The molecule has 11 heavy (non-hydrogen) atoms. The molecule has 1 amide bonds. The monoisotopic (exact) mass is 180 g/mol. The summed E-state index contributed by atoms with van der Waals surface area (Å²) in [6.45, 7) is 5.03. The molecule has 0 unspecified atom stereocenters. The van der Waals surface area contributed by atoms with Crippen molar-refractivity contribution in [1.82, 2.24) is 9.44 Å². The first-order valence-electron chi connectivity index (χ1n) is 3.02. The van der Waals surface area contributed by atoms with Crippen LogP contribution in [0, 0.1) is 0 Å². The summed E-state index contributed by atoms with van der Waals surface area (Å²) >= 11 is 0. The molecule has 2 N–H and O–H groups in total. The summed E-state index contributed by atoms with van der Waals surface area (Å²) in [5.41, 5.74) is -0.575. The lowest BCUT2D eigenvalue weighted by atomic mass is 10.1. The second kappa shape index (κ2) is 3.19. The highest BCUT2D eigenvalue weighted by Crippen LogP contribution is 1.99. The molecule has 5 nitrogen and oxygen atoms in total. The first-order valence-corrected chi connectivity index (χ1v) is 4.50. The van der Waals surface area contributed by atoms with Gasteiger partial charge in [0.25, 0.3) is 0 Å². The maximum atomic E-state index is 10.8. The predicted octanol–water partition coefficient (Wildman–Crippen LogP) is -0.635. The number of hydrogen-bond donors (Lipinski definition) is 2. The van der Waals surface area contributed by atoms with E-state index in [4.69, 9.17) is 0 Å². The van der Waals surface area contributed by atoms with Gasteiger partial charge >= 0.3 is 10.2 Å². The average molecular weight is 180 g/mol. The van der Waals surface area contributed by atoms with Gasteiger partial charge in [0.2, 0.25) is 6.41 Å². The summed E-state index contributed by atoms with van der Waals surface area (Å²) in [4.78, 5) is 9.78. The molecule has 66 valence electrons. The van der Waals surface area contributed by atoms with Crippen molar-refractivity contribution in [2.45, 2.75) is 26.3 Å². The molecule has 0 aromatic rings. The number of nitrogens with one attached hydrogen (secondary N) is 2. The van der Waals surface area contributed by atoms with Crippen LogP contribution in [-0.4, -0.2) is 20.4 Å². The Morgan fingerprint density at radius 3 is 2.00 bits per heavy atom. The minimum Gasteiger partial charge on any atom is -0.278 e. The van der Waals surface area contributed by atoms with Gasteiger partial charge in [0.1, 0.15) is 0 Å². The van der Waals surface area contributed by atoms with Crippen LogP contribution in [0.5, 0.6) is 0 Å². The van der Waals surface area contributed by atoms with E-state index in [1.54, 1.807) is 25.5 Å². The topological polar surface area (TPSA) is 75.3 Å². The Kier molecular flexibility index (Phi) is 3.01. The van der Waals surface area contributed by atoms with Crippen LogP contribution in [-0.2, 0) is 15.0 Å². The molecule has 6 heteroatoms. The Morgan fingerprint density at radius 1 is 1.27 bits per heavy atom. The molecule has 0 aromatic heterocycles. The highest BCUT2D eigenvalue weighted by molar-refractivity contribution is 7.88. The fourth-order valence-corrected chi connectivity index (χ4v) is 1.49. The van der Waals surface area contributed by atoms with E-state index in [-0.39, 0.29) is 6.41 Å². The second-order valence-corrected chi connectivity index (χ2v) is 4.54. The maximum Gasteiger partial charge on any atom is 0.301 e. The summed E-state index contributed by atoms with van der Waals surface area (Å²) in [7, 11) is -3.66. The van der Waals surface area contributed by atoms with Crippen molar-refractivity contribution in [3.05, 3.63) is 0 Å². The summed E-state index contributed by atoms with van der Waals surface area (Å²) < 4.78 is 25.5. The first kappa shape index (κ1) is 10.4. The summed E-state index contributed by atoms with van der Waals surface area (Å²) in [5.74, 6) is 0. The molecular formula is C5H12N2O3S. The Labute approximate surface area is 66.4 Å². The van der Waals surface area contributed by atoms with Crippen molar-refractivity contribution in [2.75, 3.05) is 0 Å². The van der Waals surface area contributed by atoms with Gasteiger partial charge in [0.15, 0.2) is 0 Å². The van der Waals surface area contributed by atoms with Crippen LogP contribution in [0.1, 0.15) is 20.8 Å². The number of amides is 1. The SMILES string of the molecule is CC(C)(C)NS(=O)(=O)NC=O. The first-order chi connectivity index (χ1) is 4.77. The van der Waals surface area contributed by atoms with Crippen molar-refractivity contribution < 1.29 is 13.2 Å². The predicted molar refractivity (Wildman–Crippen MR) is 41.0 cm³/mol. The number of rotatable bonds is 3. The lowest BCUT2D eigenvalue weighted by molar-refractivity contribution is -0.108. The van der Waals surface area contributed by atoms with Crippen molar-refractivity contribution in [3.8, 4) is 0 Å². The molecule has 0 bridgehead atoms. The van der Waals surface area contributed by atoms with Crippen LogP contribution in [0.2, 0.25) is 0 Å². The van der Waals surface area contributed by atoms with E-state index in [1.807, 2.05) is 0 Å². The van der Waals surface area contributed by atoms with Crippen molar-refractivity contribution in [2.24, 2.45) is 0 Å². The van der Waals surface area contributed by atoms with Gasteiger partial charge < -0.3 is 0 Å². The van der Waals surface area contributed by atoms with Crippen LogP contribution in [0.4, 0.5) is 0 Å². The Hall–Kier alpha value is -0.620. The molecule has 0 fully saturated rings. The molecule has 0 aliphatic rings. The number of hydrogen-bond acceptors (Lipinski definition) is 3. The minimum atomic E-state index is -3.66. The lowest BCUT2D eigenvalue weighted by Gasteiger charge is -2.19. The van der Waals surface area contributed by atoms with E-state index in [2.05, 4.69) is 4.72 Å². The standard InChI is InChI=1S/C5H12N2O3S/c1-5(2,3)7-11(9,10)6-4-8/h4,7H,1-3H3,(H,6,8). The Balaban J connectivity index is 4.26. The van der Waals surface area contributed by atoms with E-state index in [0.29, 0.717) is 0 Å². The van der Waals surface area contributed by atoms with Crippen LogP contribution in [0.15, 0.2) is 0 Å². The van der Waals surface area contributed by atoms with E-state index in [0.717, 1.165) is 0 Å². The molecule has 0 aliphatic heterocycles. The third-order valence-corrected chi connectivity index (χ3v) is 1.93. The Bertz CT molecular complexity index is 227. The molecule has 0 aliphatic carbocycles. The number of carbonyl (C=O) groups excluding carboxylic acids is 1. The van der Waals surface area contributed by atoms with E-state index < -0.39 is 15.7 Å². The molecular weight excluding hydrogens is 168 g/mol. The van der Waals surface area contributed by atoms with Crippen LogP contribution in [0.25, 0.3) is 0 Å². The van der Waals surface area contributed by atoms with E-state index in [9.17, 15) is 13.2 Å². The molecule has 0 saturated carbocycles. The van der Waals surface area contributed by atoms with E-state index in [1.165, 1.54) is 0 Å². The quantitative estimate of drug-likeness (QED) is 0.567. The van der Waals surface area contributed by atoms with Crippen molar-refractivity contribution in [1.29, 1.82) is 0 Å². The van der Waals surface area contributed by atoms with Crippen LogP contribution in [0.3, 0.4) is 0 Å². The van der Waals surface area contributed by atoms with Gasteiger partial charge in [-0.25, -0.2) is 4.72 Å². The zero-order valence-corrected chi connectivity index (χ0v) is 7.53. The molecule has 0 atom stereocenters. The lowest BCUT2D eigenvalue weighted by Crippen LogP contribution is -2.46. The van der Waals surface area contributed by atoms with Gasteiger partial charge in [0, 0.05) is 5.54 Å². The van der Waals surface area contributed by atoms with Gasteiger partial charge in [0.05, 0.1) is 0 Å². The second-order valence-electron chi connectivity index (χ2n) is 3.09. The van der Waals surface area contributed by atoms with Gasteiger partial charge in [-0.05, 0) is 20.8 Å². The molecule has 0 heterocycles. The highest BCUT2D eigenvalue weighted by Gasteiger charge is 2.18. The van der Waals surface area contributed by atoms with E-state index >= 15 is 0 Å². The fraction of sp³-hybridized carbons (Fsp3) is 0.800. The summed E-state index contributed by atoms with van der Waals surface area (Å²) in [6.07, 6.45) is 0.119. The van der Waals surface area contributed by atoms with Gasteiger partial charge in [-0.3, -0.25) is 4.79 Å². The fourth-order valence-electron chi connectivity index (χ4n) is 0.496. The van der Waals surface area contributed by atoms with Crippen LogP contribution >= 0.6 is 0 Å². The highest BCUT2D eigenvalue weighted by atomic mass is 32.2. The molecule has 0 rings (SSSR count). The largest absolute Gasteiger partial charge is 0.301 e. The van der Waals surface area contributed by atoms with Crippen LogP contribution < -0.4 is 9.44 Å². The summed E-state index contributed by atoms with van der Waals surface area (Å²) in [5, 5.41) is 0. The normalized spacial score (nSPS) is 12.6. The molecule has 0 spiro atoms. The number of carbonyl (C=O) groups is 1. The molecule has 0 saturated heterocycles. The van der Waals surface area contributed by atoms with Crippen molar-refractivity contribution in [3.63, 3.8) is 0 Å². The van der Waals surface area contributed by atoms with Gasteiger partial charge in [-0.15, -0.1) is 0 Å². The zero-order valence-electron chi connectivity index (χ0n) is 6.71. The Morgan fingerprint density at radius 2 is 1.73 bits per heavy atom. The summed E-state index contributed by atoms with van der Waals surface area (Å²) in [6, 6.07) is 0. The zero-order chi connectivity index (χ0) is 9.12. The average Bonchev–Trinajstić information content (AvgIpc) is 1.55. The molecule has 0 aromatic carbocycles. The molecule has 0 radical (unpaired) electrons. The van der Waals surface area contributed by atoms with Gasteiger partial charge in [-0.2, -0.15) is 13.1 Å². The maximum absolute atomic E-state index is 10.8. The third kappa shape index (κ3) is 5.81. The van der Waals surface area contributed by atoms with Crippen molar-refractivity contribution >= 4 is 16.6 Å².